The summed E-state index contributed by atoms with van der Waals surface area (Å²) in [7, 11) is 0. The van der Waals surface area contributed by atoms with Crippen LogP contribution in [0.1, 0.15) is 13.8 Å². The van der Waals surface area contributed by atoms with Crippen LogP contribution in [0.4, 0.5) is 0 Å². The smallest absolute Gasteiger partial charge is 0.313 e. The minimum absolute atomic E-state index is 0.0463. The molecule has 2 unspecified atom stereocenters. The average Bonchev–Trinajstić information content (AvgIpc) is 1.83. The Balaban J connectivity index is 2.55. The first kappa shape index (κ1) is 5.63. The van der Waals surface area contributed by atoms with Gasteiger partial charge in [0, 0.05) is 0 Å². The molecule has 44 valence electrons. The minimum Gasteiger partial charge on any atom is -0.814 e. The van der Waals surface area contributed by atoms with Crippen LogP contribution < -0.4 is 5.11 Å². The topological polar surface area (TPSA) is 40.1 Å². The number of Topliss-reactive ketones (excluding diaryl/α,β-unsaturated/α-hetero) is 1. The second-order valence-electron chi connectivity index (χ2n) is 2.26. The fourth-order valence-corrected chi connectivity index (χ4v) is 0.916. The zero-order chi connectivity index (χ0) is 6.31. The number of hydrogen-bond acceptors (Lipinski definition) is 2. The molecule has 2 heteroatoms. The Bertz CT molecular complexity index is 108. The largest absolute Gasteiger partial charge is 0.814 e. The normalized spacial score (nSPS) is 37.4. The van der Waals surface area contributed by atoms with E-state index in [1.807, 2.05) is 0 Å². The molecular weight excluding hydrogens is 104 g/mol. The molecule has 2 atom stereocenters. The van der Waals surface area contributed by atoms with E-state index in [2.05, 4.69) is 0 Å². The van der Waals surface area contributed by atoms with E-state index in [0.717, 1.165) is 0 Å². The molecule has 0 N–H and O–H groups in total. The molecule has 1 aliphatic rings. The summed E-state index contributed by atoms with van der Waals surface area (Å²) >= 11 is 0. The molecule has 1 saturated carbocycles. The zero-order valence-electron chi connectivity index (χ0n) is 4.97. The van der Waals surface area contributed by atoms with Crippen molar-refractivity contribution in [1.29, 1.82) is 0 Å². The molecule has 0 radical (unpaired) electrons. The Kier molecular flexibility index (Phi) is 1.05. The van der Waals surface area contributed by atoms with E-state index in [4.69, 9.17) is 0 Å². The number of carbonyl (C=O) groups is 1. The van der Waals surface area contributed by atoms with Gasteiger partial charge in [0.25, 0.3) is 0 Å². The minimum atomic E-state index is -0.706. The first-order chi connectivity index (χ1) is 3.64. The van der Waals surface area contributed by atoms with E-state index < -0.39 is 6.10 Å². The van der Waals surface area contributed by atoms with Gasteiger partial charge in [-0.15, -0.1) is 0 Å². The summed E-state index contributed by atoms with van der Waals surface area (Å²) in [6, 6.07) is 0. The molecule has 1 fully saturated rings. The highest BCUT2D eigenvalue weighted by Crippen LogP contribution is 2.28. The van der Waals surface area contributed by atoms with E-state index in [1.54, 1.807) is 13.8 Å². The van der Waals surface area contributed by atoms with Crippen molar-refractivity contribution in [2.24, 2.45) is 5.92 Å². The first-order valence-corrected chi connectivity index (χ1v) is 2.68. The maximum atomic E-state index is 10.6. The van der Waals surface area contributed by atoms with Crippen LogP contribution in [-0.2, 0) is 4.79 Å². The van der Waals surface area contributed by atoms with Gasteiger partial charge in [0.15, 0.2) is 0 Å². The summed E-state index contributed by atoms with van der Waals surface area (Å²) in [5, 5.41) is 10.6. The van der Waals surface area contributed by atoms with Gasteiger partial charge in [0.2, 0.25) is 0 Å². The van der Waals surface area contributed by atoms with Crippen LogP contribution >= 0.6 is 0 Å². The predicted molar refractivity (Wildman–Crippen MR) is 26.9 cm³/mol. The monoisotopic (exact) mass is 112 g/mol. The summed E-state index contributed by atoms with van der Waals surface area (Å²) in [5.41, 5.74) is 0. The molecule has 2 nitrogen and oxygen atoms in total. The Labute approximate surface area is 48.5 Å². The zero-order valence-corrected chi connectivity index (χ0v) is 4.97. The molecule has 0 heterocycles. The number of rotatable bonds is 0. The summed E-state index contributed by atoms with van der Waals surface area (Å²) in [4.78, 5) is 10.5. The highest BCUT2D eigenvalue weighted by atomic mass is 16.3. The molecule has 0 aliphatic heterocycles. The van der Waals surface area contributed by atoms with Crippen LogP contribution in [0.2, 0.25) is 0 Å². The van der Waals surface area contributed by atoms with Gasteiger partial charge in [-0.25, -0.2) is 4.79 Å². The summed E-state index contributed by atoms with van der Waals surface area (Å²) in [5.74, 6) is 0.289. The summed E-state index contributed by atoms with van der Waals surface area (Å²) in [6.45, 7) is 3.28. The Morgan fingerprint density at radius 3 is 2.38 bits per heavy atom. The summed E-state index contributed by atoms with van der Waals surface area (Å²) in [6.07, 6.45) is -0.706. The standard InChI is InChI=1S/C6H8O2/c1-3-5(7)4(2)6(3)8/h3,5H,1-2H3. The summed E-state index contributed by atoms with van der Waals surface area (Å²) < 4.78 is 0. The molecular formula is C6H8O2. The van der Waals surface area contributed by atoms with Crippen molar-refractivity contribution in [2.45, 2.75) is 20.0 Å². The highest BCUT2D eigenvalue weighted by molar-refractivity contribution is 6.01. The molecule has 8 heavy (non-hydrogen) atoms. The Morgan fingerprint density at radius 2 is 2.25 bits per heavy atom. The molecule has 0 amide bonds. The van der Waals surface area contributed by atoms with Crippen molar-refractivity contribution in [3.8, 4) is 0 Å². The molecule has 0 aromatic rings. The SMILES string of the molecule is C[C+]1C(=O)C(C)C1[O-]. The van der Waals surface area contributed by atoms with Gasteiger partial charge in [-0.2, -0.15) is 0 Å². The van der Waals surface area contributed by atoms with Gasteiger partial charge in [0.05, 0.1) is 18.9 Å². The van der Waals surface area contributed by atoms with Gasteiger partial charge in [-0.05, 0) is 6.92 Å². The third-order valence-corrected chi connectivity index (χ3v) is 1.68. The van der Waals surface area contributed by atoms with Crippen LogP contribution in [0.5, 0.6) is 0 Å². The van der Waals surface area contributed by atoms with Gasteiger partial charge in [0.1, 0.15) is 5.92 Å². The predicted octanol–water partition coefficient (Wildman–Crippen LogP) is -0.472. The number of ketones is 1. The van der Waals surface area contributed by atoms with E-state index >= 15 is 0 Å². The van der Waals surface area contributed by atoms with Crippen LogP contribution in [0.3, 0.4) is 0 Å². The lowest BCUT2D eigenvalue weighted by Gasteiger charge is -2.32. The average molecular weight is 112 g/mol. The molecule has 0 spiro atoms. The highest BCUT2D eigenvalue weighted by Gasteiger charge is 2.48. The fourth-order valence-electron chi connectivity index (χ4n) is 0.916. The second kappa shape index (κ2) is 1.49. The van der Waals surface area contributed by atoms with Gasteiger partial charge < -0.3 is 5.11 Å². The number of carbonyl (C=O) groups excluding carboxylic acids is 1. The van der Waals surface area contributed by atoms with Crippen LogP contribution in [0, 0.1) is 11.8 Å². The maximum Gasteiger partial charge on any atom is 0.313 e. The molecule has 0 aromatic heterocycles. The van der Waals surface area contributed by atoms with Crippen LogP contribution in [0.25, 0.3) is 0 Å². The molecule has 0 bridgehead atoms. The van der Waals surface area contributed by atoms with Crippen molar-refractivity contribution in [1.82, 2.24) is 0 Å². The van der Waals surface area contributed by atoms with Crippen molar-refractivity contribution in [3.63, 3.8) is 0 Å². The quantitative estimate of drug-likeness (QED) is 0.397. The van der Waals surface area contributed by atoms with Gasteiger partial charge in [-0.3, -0.25) is 0 Å². The van der Waals surface area contributed by atoms with Gasteiger partial charge in [-0.1, -0.05) is 0 Å². The molecule has 1 aliphatic carbocycles. The van der Waals surface area contributed by atoms with Crippen LogP contribution in [0.15, 0.2) is 0 Å². The maximum absolute atomic E-state index is 10.6. The lowest BCUT2D eigenvalue weighted by atomic mass is 9.73. The van der Waals surface area contributed by atoms with Crippen LogP contribution in [-0.4, -0.2) is 11.9 Å². The van der Waals surface area contributed by atoms with E-state index in [9.17, 15) is 9.90 Å². The van der Waals surface area contributed by atoms with Crippen molar-refractivity contribution in [3.05, 3.63) is 5.92 Å². The molecule has 0 aromatic carbocycles. The third-order valence-electron chi connectivity index (χ3n) is 1.68. The van der Waals surface area contributed by atoms with E-state index in [-0.39, 0.29) is 11.7 Å². The van der Waals surface area contributed by atoms with Gasteiger partial charge >= 0.3 is 5.78 Å². The first-order valence-electron chi connectivity index (χ1n) is 2.68. The second-order valence-corrected chi connectivity index (χ2v) is 2.26. The van der Waals surface area contributed by atoms with Crippen molar-refractivity contribution in [2.75, 3.05) is 0 Å². The fraction of sp³-hybridized carbons (Fsp3) is 0.667. The van der Waals surface area contributed by atoms with Crippen molar-refractivity contribution >= 4 is 5.78 Å². The third kappa shape index (κ3) is 0.464. The lowest BCUT2D eigenvalue weighted by Crippen LogP contribution is -2.55. The lowest BCUT2D eigenvalue weighted by molar-refractivity contribution is -0.429. The molecule has 1 rings (SSSR count). The van der Waals surface area contributed by atoms with E-state index in [0.29, 0.717) is 5.92 Å². The Hall–Kier alpha value is -0.500. The Morgan fingerprint density at radius 1 is 1.75 bits per heavy atom. The van der Waals surface area contributed by atoms with Crippen molar-refractivity contribution < 1.29 is 9.90 Å². The van der Waals surface area contributed by atoms with E-state index in [1.165, 1.54) is 0 Å². The number of hydrogen-bond donors (Lipinski definition) is 0. The molecule has 0 saturated heterocycles.